The molecule has 0 aliphatic heterocycles. The molecule has 0 unspecified atom stereocenters. The fraction of sp³-hybridized carbons (Fsp3) is 0.235. The van der Waals surface area contributed by atoms with Crippen LogP contribution in [0.2, 0.25) is 5.02 Å². The molecule has 3 aromatic rings. The molecule has 0 radical (unpaired) electrons. The third-order valence-electron chi connectivity index (χ3n) is 3.63. The summed E-state index contributed by atoms with van der Waals surface area (Å²) in [5.41, 5.74) is 1.44. The summed E-state index contributed by atoms with van der Waals surface area (Å²) in [7, 11) is 0. The van der Waals surface area contributed by atoms with Crippen LogP contribution in [0, 0.1) is 6.92 Å². The molecule has 7 heteroatoms. The summed E-state index contributed by atoms with van der Waals surface area (Å²) in [5.74, 6) is 0.0391. The number of nitrogens with zero attached hydrogens (tertiary/aromatic N) is 2. The summed E-state index contributed by atoms with van der Waals surface area (Å²) < 4.78 is 6.29. The Bertz CT molecular complexity index is 960. The second-order valence-electron chi connectivity index (χ2n) is 5.19. The van der Waals surface area contributed by atoms with E-state index in [4.69, 9.17) is 16.3 Å². The second kappa shape index (κ2) is 6.75. The second-order valence-corrected chi connectivity index (χ2v) is 6.49. The highest BCUT2D eigenvalue weighted by Gasteiger charge is 2.17. The molecule has 3 rings (SSSR count). The largest absolute Gasteiger partial charge is 0.465 e. The predicted octanol–water partition coefficient (Wildman–Crippen LogP) is 3.65. The number of hydrogen-bond donors (Lipinski definition) is 0. The summed E-state index contributed by atoms with van der Waals surface area (Å²) >= 11 is 7.33. The molecule has 0 aliphatic rings. The maximum absolute atomic E-state index is 12.9. The topological polar surface area (TPSA) is 61.2 Å². The van der Waals surface area contributed by atoms with Crippen LogP contribution in [0.5, 0.6) is 0 Å². The Balaban J connectivity index is 2.15. The number of hydrogen-bond acceptors (Lipinski definition) is 5. The molecular formula is C17H15ClN2O3S. The summed E-state index contributed by atoms with van der Waals surface area (Å²) in [6, 6.07) is 7.27. The zero-order valence-electron chi connectivity index (χ0n) is 13.2. The lowest BCUT2D eigenvalue weighted by molar-refractivity contribution is -0.143. The highest BCUT2D eigenvalue weighted by atomic mass is 35.5. The van der Waals surface area contributed by atoms with Crippen molar-refractivity contribution in [3.8, 4) is 11.1 Å². The van der Waals surface area contributed by atoms with Crippen LogP contribution in [0.3, 0.4) is 0 Å². The Morgan fingerprint density at radius 2 is 2.04 bits per heavy atom. The van der Waals surface area contributed by atoms with Gasteiger partial charge >= 0.3 is 5.97 Å². The number of halogens is 1. The number of benzene rings is 1. The third kappa shape index (κ3) is 3.07. The number of aromatic nitrogens is 2. The van der Waals surface area contributed by atoms with Crippen LogP contribution in [0.15, 0.2) is 34.4 Å². The summed E-state index contributed by atoms with van der Waals surface area (Å²) in [6.45, 7) is 3.57. The fourth-order valence-corrected chi connectivity index (χ4v) is 3.60. The minimum atomic E-state index is -0.452. The van der Waals surface area contributed by atoms with Crippen LogP contribution < -0.4 is 5.56 Å². The van der Waals surface area contributed by atoms with Crippen LogP contribution in [-0.4, -0.2) is 22.1 Å². The molecule has 5 nitrogen and oxygen atoms in total. The lowest BCUT2D eigenvalue weighted by Crippen LogP contribution is -2.28. The van der Waals surface area contributed by atoms with E-state index in [1.165, 1.54) is 15.9 Å². The lowest BCUT2D eigenvalue weighted by atomic mass is 10.1. The maximum Gasteiger partial charge on any atom is 0.326 e. The molecule has 0 saturated heterocycles. The van der Waals surface area contributed by atoms with Gasteiger partial charge in [-0.1, -0.05) is 23.7 Å². The first kappa shape index (κ1) is 16.7. The Kier molecular flexibility index (Phi) is 4.69. The number of thiophene rings is 1. The van der Waals surface area contributed by atoms with Crippen molar-refractivity contribution in [1.29, 1.82) is 0 Å². The number of aryl methyl sites for hydroxylation is 1. The molecule has 124 valence electrons. The highest BCUT2D eigenvalue weighted by molar-refractivity contribution is 7.17. The van der Waals surface area contributed by atoms with E-state index in [1.807, 2.05) is 17.5 Å². The van der Waals surface area contributed by atoms with Crippen molar-refractivity contribution in [3.63, 3.8) is 0 Å². The van der Waals surface area contributed by atoms with E-state index in [2.05, 4.69) is 4.98 Å². The first-order valence-electron chi connectivity index (χ1n) is 7.41. The Morgan fingerprint density at radius 3 is 2.71 bits per heavy atom. The van der Waals surface area contributed by atoms with Crippen molar-refractivity contribution < 1.29 is 9.53 Å². The Hall–Kier alpha value is -2.18. The standard InChI is InChI=1S/C17H15ClN2O3S/c1-3-23-14(21)8-20-10(2)19-16-15(17(20)22)13(9-24-16)11-4-6-12(18)7-5-11/h4-7,9H,3,8H2,1-2H3. The van der Waals surface area contributed by atoms with Crippen molar-refractivity contribution in [2.24, 2.45) is 0 Å². The summed E-state index contributed by atoms with van der Waals surface area (Å²) in [5, 5.41) is 3.04. The maximum atomic E-state index is 12.9. The molecule has 0 saturated carbocycles. The number of carbonyl (C=O) groups excluding carboxylic acids is 1. The van der Waals surface area contributed by atoms with Crippen LogP contribution in [0.1, 0.15) is 12.7 Å². The number of carbonyl (C=O) groups is 1. The van der Waals surface area contributed by atoms with Gasteiger partial charge < -0.3 is 4.74 Å². The van der Waals surface area contributed by atoms with E-state index < -0.39 is 5.97 Å². The Morgan fingerprint density at radius 1 is 1.33 bits per heavy atom. The zero-order valence-corrected chi connectivity index (χ0v) is 14.8. The Labute approximate surface area is 147 Å². The van der Waals surface area contributed by atoms with E-state index in [1.54, 1.807) is 26.0 Å². The van der Waals surface area contributed by atoms with Crippen LogP contribution in [0.25, 0.3) is 21.3 Å². The molecule has 24 heavy (non-hydrogen) atoms. The molecule has 0 bridgehead atoms. The molecule has 1 aromatic carbocycles. The smallest absolute Gasteiger partial charge is 0.326 e. The molecule has 0 N–H and O–H groups in total. The van der Waals surface area contributed by atoms with Gasteiger partial charge in [0.2, 0.25) is 0 Å². The van der Waals surface area contributed by atoms with Crippen molar-refractivity contribution in [3.05, 3.63) is 50.8 Å². The normalized spacial score (nSPS) is 11.0. The van der Waals surface area contributed by atoms with E-state index in [9.17, 15) is 9.59 Å². The summed E-state index contributed by atoms with van der Waals surface area (Å²) in [4.78, 5) is 29.8. The molecule has 0 aliphatic carbocycles. The van der Waals surface area contributed by atoms with E-state index in [-0.39, 0.29) is 18.7 Å². The van der Waals surface area contributed by atoms with E-state index in [0.717, 1.165) is 11.1 Å². The van der Waals surface area contributed by atoms with Gasteiger partial charge in [-0.05, 0) is 31.5 Å². The average Bonchev–Trinajstić information content (AvgIpc) is 2.96. The monoisotopic (exact) mass is 362 g/mol. The third-order valence-corrected chi connectivity index (χ3v) is 4.76. The molecule has 2 aromatic heterocycles. The van der Waals surface area contributed by atoms with E-state index >= 15 is 0 Å². The summed E-state index contributed by atoms with van der Waals surface area (Å²) in [6.07, 6.45) is 0. The van der Waals surface area contributed by atoms with Crippen molar-refractivity contribution in [2.75, 3.05) is 6.61 Å². The van der Waals surface area contributed by atoms with Gasteiger partial charge in [-0.3, -0.25) is 14.2 Å². The van der Waals surface area contributed by atoms with Crippen molar-refractivity contribution in [2.45, 2.75) is 20.4 Å². The van der Waals surface area contributed by atoms with Gasteiger partial charge in [-0.25, -0.2) is 4.98 Å². The van der Waals surface area contributed by atoms with Gasteiger partial charge in [0, 0.05) is 16.0 Å². The van der Waals surface area contributed by atoms with Crippen LogP contribution in [0.4, 0.5) is 0 Å². The van der Waals surface area contributed by atoms with E-state index in [0.29, 0.717) is 21.1 Å². The quantitative estimate of drug-likeness (QED) is 0.665. The SMILES string of the molecule is CCOC(=O)Cn1c(C)nc2scc(-c3ccc(Cl)cc3)c2c1=O. The fourth-order valence-electron chi connectivity index (χ4n) is 2.49. The molecule has 0 atom stereocenters. The minimum Gasteiger partial charge on any atom is -0.465 e. The number of esters is 1. The number of ether oxygens (including phenoxy) is 1. The van der Waals surface area contributed by atoms with Gasteiger partial charge in [-0.15, -0.1) is 11.3 Å². The predicted molar refractivity (Wildman–Crippen MR) is 95.7 cm³/mol. The highest BCUT2D eigenvalue weighted by Crippen LogP contribution is 2.31. The number of fused-ring (bicyclic) bond motifs is 1. The van der Waals surface area contributed by atoms with Crippen molar-refractivity contribution >= 4 is 39.1 Å². The lowest BCUT2D eigenvalue weighted by Gasteiger charge is -2.09. The molecule has 0 amide bonds. The molecule has 0 fully saturated rings. The van der Waals surface area contributed by atoms with Crippen LogP contribution in [-0.2, 0) is 16.1 Å². The van der Waals surface area contributed by atoms with Gasteiger partial charge in [0.25, 0.3) is 5.56 Å². The molecular weight excluding hydrogens is 348 g/mol. The zero-order chi connectivity index (χ0) is 17.3. The van der Waals surface area contributed by atoms with Crippen LogP contribution >= 0.6 is 22.9 Å². The van der Waals surface area contributed by atoms with Gasteiger partial charge in [0.05, 0.1) is 12.0 Å². The first-order valence-corrected chi connectivity index (χ1v) is 8.67. The van der Waals surface area contributed by atoms with Gasteiger partial charge in [0.15, 0.2) is 0 Å². The first-order chi connectivity index (χ1) is 11.5. The molecule has 0 spiro atoms. The average molecular weight is 363 g/mol. The van der Waals surface area contributed by atoms with Gasteiger partial charge in [-0.2, -0.15) is 0 Å². The number of rotatable bonds is 4. The minimum absolute atomic E-state index is 0.142. The molecule has 2 heterocycles. The van der Waals surface area contributed by atoms with Gasteiger partial charge in [0.1, 0.15) is 17.2 Å². The van der Waals surface area contributed by atoms with Crippen molar-refractivity contribution in [1.82, 2.24) is 9.55 Å².